The average molecular weight is 522 g/mol. The van der Waals surface area contributed by atoms with Crippen LogP contribution in [0.3, 0.4) is 0 Å². The van der Waals surface area contributed by atoms with E-state index in [1.54, 1.807) is 12.4 Å². The van der Waals surface area contributed by atoms with Crippen molar-refractivity contribution in [3.8, 4) is 0 Å². The number of likely N-dealkylation sites (N-methyl/N-ethyl adjacent to an activating group) is 1. The molecule has 0 aliphatic carbocycles. The van der Waals surface area contributed by atoms with Gasteiger partial charge in [-0.25, -0.2) is 8.78 Å². The lowest BCUT2D eigenvalue weighted by molar-refractivity contribution is -0.138. The Morgan fingerprint density at radius 3 is 2.47 bits per heavy atom. The Kier molecular flexibility index (Phi) is 9.02. The van der Waals surface area contributed by atoms with Gasteiger partial charge in [-0.2, -0.15) is 5.10 Å². The van der Waals surface area contributed by atoms with E-state index in [9.17, 15) is 18.4 Å². The van der Waals surface area contributed by atoms with Crippen molar-refractivity contribution in [2.24, 2.45) is 0 Å². The molecular formula is C29H33F2N5O2. The van der Waals surface area contributed by atoms with Gasteiger partial charge in [-0.1, -0.05) is 44.2 Å². The Labute approximate surface area is 221 Å². The van der Waals surface area contributed by atoms with Crippen LogP contribution in [-0.2, 0) is 9.59 Å². The third-order valence-corrected chi connectivity index (χ3v) is 6.92. The van der Waals surface area contributed by atoms with Crippen LogP contribution in [0.5, 0.6) is 0 Å². The third-order valence-electron chi connectivity index (χ3n) is 6.92. The quantitative estimate of drug-likeness (QED) is 0.400. The fraction of sp³-hybridized carbons (Fsp3) is 0.345. The SMILES string of the molecule is CCN(CC)C(C(=O)N1CCC(n2cc(NC(=O)/C=C/c3ccc(F)cc3F)cn2)CC1)c1ccccc1. The molecule has 0 radical (unpaired) electrons. The Hall–Kier alpha value is -3.85. The number of piperidine rings is 1. The summed E-state index contributed by atoms with van der Waals surface area (Å²) < 4.78 is 28.6. The summed E-state index contributed by atoms with van der Waals surface area (Å²) in [5.41, 5.74) is 1.64. The van der Waals surface area contributed by atoms with Gasteiger partial charge >= 0.3 is 0 Å². The van der Waals surface area contributed by atoms with E-state index in [2.05, 4.69) is 29.2 Å². The second-order valence-electron chi connectivity index (χ2n) is 9.29. The van der Waals surface area contributed by atoms with E-state index in [0.29, 0.717) is 18.8 Å². The highest BCUT2D eigenvalue weighted by atomic mass is 19.1. The van der Waals surface area contributed by atoms with E-state index >= 15 is 0 Å². The number of likely N-dealkylation sites (tertiary alicyclic amines) is 1. The molecule has 1 N–H and O–H groups in total. The summed E-state index contributed by atoms with van der Waals surface area (Å²) in [4.78, 5) is 30.0. The Morgan fingerprint density at radius 1 is 1.11 bits per heavy atom. The number of anilines is 1. The first-order valence-corrected chi connectivity index (χ1v) is 13.0. The first kappa shape index (κ1) is 27.2. The van der Waals surface area contributed by atoms with Gasteiger partial charge in [-0.05, 0) is 49.7 Å². The number of halogens is 2. The van der Waals surface area contributed by atoms with Crippen molar-refractivity contribution in [2.75, 3.05) is 31.5 Å². The largest absolute Gasteiger partial charge is 0.341 e. The lowest BCUT2D eigenvalue weighted by Crippen LogP contribution is -2.46. The molecule has 0 bridgehead atoms. The highest BCUT2D eigenvalue weighted by Gasteiger charge is 2.32. The molecule has 0 saturated carbocycles. The van der Waals surface area contributed by atoms with Crippen molar-refractivity contribution >= 4 is 23.6 Å². The Morgan fingerprint density at radius 2 is 1.82 bits per heavy atom. The molecule has 2 aromatic carbocycles. The standard InChI is InChI=1S/C29H33F2N5O2/c1-3-34(4-2)28(22-8-6-5-7-9-22)29(38)35-16-14-25(15-17-35)36-20-24(19-32-36)33-27(37)13-11-21-10-12-23(30)18-26(21)31/h5-13,18-20,25,28H,3-4,14-17H2,1-2H3,(H,33,37)/b13-11+. The molecule has 2 heterocycles. The number of hydrogen-bond donors (Lipinski definition) is 1. The van der Waals surface area contributed by atoms with Crippen molar-refractivity contribution in [3.63, 3.8) is 0 Å². The van der Waals surface area contributed by atoms with Crippen molar-refractivity contribution in [3.05, 3.63) is 89.8 Å². The molecule has 4 rings (SSSR count). The highest BCUT2D eigenvalue weighted by molar-refractivity contribution is 6.01. The number of carbonyl (C=O) groups is 2. The second-order valence-corrected chi connectivity index (χ2v) is 9.29. The van der Waals surface area contributed by atoms with E-state index in [1.165, 1.54) is 18.2 Å². The molecule has 200 valence electrons. The van der Waals surface area contributed by atoms with Crippen LogP contribution >= 0.6 is 0 Å². The summed E-state index contributed by atoms with van der Waals surface area (Å²) in [5, 5.41) is 7.12. The first-order valence-electron chi connectivity index (χ1n) is 13.0. The van der Waals surface area contributed by atoms with Crippen LogP contribution in [0, 0.1) is 11.6 Å². The molecule has 1 unspecified atom stereocenters. The molecule has 1 atom stereocenters. The molecule has 0 spiro atoms. The van der Waals surface area contributed by atoms with E-state index in [4.69, 9.17) is 0 Å². The first-order chi connectivity index (χ1) is 18.4. The maximum Gasteiger partial charge on any atom is 0.248 e. The minimum absolute atomic E-state index is 0.109. The second kappa shape index (κ2) is 12.6. The third kappa shape index (κ3) is 6.52. The van der Waals surface area contributed by atoms with Crippen molar-refractivity contribution in [1.29, 1.82) is 0 Å². The Bertz CT molecular complexity index is 1260. The number of aromatic nitrogens is 2. The predicted molar refractivity (Wildman–Crippen MR) is 143 cm³/mol. The molecule has 1 fully saturated rings. The van der Waals surface area contributed by atoms with Gasteiger partial charge in [0.25, 0.3) is 0 Å². The lowest BCUT2D eigenvalue weighted by Gasteiger charge is -2.37. The van der Waals surface area contributed by atoms with Gasteiger partial charge in [0, 0.05) is 37.0 Å². The monoisotopic (exact) mass is 521 g/mol. The van der Waals surface area contributed by atoms with Crippen molar-refractivity contribution in [1.82, 2.24) is 19.6 Å². The predicted octanol–water partition coefficient (Wildman–Crippen LogP) is 5.06. The summed E-state index contributed by atoms with van der Waals surface area (Å²) in [5.74, 6) is -1.74. The number of nitrogens with zero attached hydrogens (tertiary/aromatic N) is 4. The number of hydrogen-bond acceptors (Lipinski definition) is 4. The minimum Gasteiger partial charge on any atom is -0.341 e. The Balaban J connectivity index is 1.34. The van der Waals surface area contributed by atoms with Gasteiger partial charge < -0.3 is 10.2 Å². The summed E-state index contributed by atoms with van der Waals surface area (Å²) in [6.07, 6.45) is 7.32. The molecule has 38 heavy (non-hydrogen) atoms. The highest BCUT2D eigenvalue weighted by Crippen LogP contribution is 2.28. The maximum atomic E-state index is 13.8. The summed E-state index contributed by atoms with van der Waals surface area (Å²) in [7, 11) is 0. The van der Waals surface area contributed by atoms with Crippen molar-refractivity contribution < 1.29 is 18.4 Å². The summed E-state index contributed by atoms with van der Waals surface area (Å²) in [6, 6.07) is 12.9. The van der Waals surface area contributed by atoms with E-state index in [-0.39, 0.29) is 23.6 Å². The molecule has 9 heteroatoms. The molecule has 1 aliphatic heterocycles. The van der Waals surface area contributed by atoms with Gasteiger partial charge in [0.05, 0.1) is 17.9 Å². The van der Waals surface area contributed by atoms with Crippen LogP contribution in [0.1, 0.15) is 49.9 Å². The summed E-state index contributed by atoms with van der Waals surface area (Å²) >= 11 is 0. The molecule has 1 aliphatic rings. The van der Waals surface area contributed by atoms with Gasteiger partial charge in [-0.15, -0.1) is 0 Å². The molecule has 7 nitrogen and oxygen atoms in total. The van der Waals surface area contributed by atoms with Gasteiger partial charge in [0.2, 0.25) is 11.8 Å². The zero-order valence-corrected chi connectivity index (χ0v) is 21.7. The zero-order chi connectivity index (χ0) is 27.1. The fourth-order valence-corrected chi connectivity index (χ4v) is 4.85. The number of nitrogens with one attached hydrogen (secondary N) is 1. The van der Waals surface area contributed by atoms with Crippen LogP contribution in [0.25, 0.3) is 6.08 Å². The minimum atomic E-state index is -0.737. The zero-order valence-electron chi connectivity index (χ0n) is 21.7. The smallest absolute Gasteiger partial charge is 0.248 e. The molecule has 2 amide bonds. The topological polar surface area (TPSA) is 70.5 Å². The molecule has 3 aromatic rings. The summed E-state index contributed by atoms with van der Waals surface area (Å²) in [6.45, 7) is 6.97. The van der Waals surface area contributed by atoms with E-state index in [0.717, 1.165) is 43.6 Å². The van der Waals surface area contributed by atoms with Crippen LogP contribution in [0.15, 0.2) is 67.0 Å². The van der Waals surface area contributed by atoms with Crippen molar-refractivity contribution in [2.45, 2.75) is 38.8 Å². The number of carbonyl (C=O) groups excluding carboxylic acids is 2. The molecule has 1 aromatic heterocycles. The molecular weight excluding hydrogens is 488 g/mol. The van der Waals surface area contributed by atoms with Crippen LogP contribution in [0.2, 0.25) is 0 Å². The fourth-order valence-electron chi connectivity index (χ4n) is 4.85. The average Bonchev–Trinajstić information content (AvgIpc) is 3.39. The van der Waals surface area contributed by atoms with Gasteiger partial charge in [0.1, 0.15) is 17.7 Å². The van der Waals surface area contributed by atoms with Crippen LogP contribution in [-0.4, -0.2) is 57.6 Å². The van der Waals surface area contributed by atoms with Gasteiger partial charge in [-0.3, -0.25) is 19.2 Å². The van der Waals surface area contributed by atoms with Gasteiger partial charge in [0.15, 0.2) is 0 Å². The molecule has 1 saturated heterocycles. The number of benzene rings is 2. The number of rotatable bonds is 9. The number of amides is 2. The lowest BCUT2D eigenvalue weighted by atomic mass is 10.00. The van der Waals surface area contributed by atoms with Crippen LogP contribution < -0.4 is 5.32 Å². The van der Waals surface area contributed by atoms with E-state index in [1.807, 2.05) is 39.9 Å². The normalized spacial score (nSPS) is 15.2. The van der Waals surface area contributed by atoms with E-state index < -0.39 is 17.5 Å². The van der Waals surface area contributed by atoms with Crippen LogP contribution in [0.4, 0.5) is 14.5 Å². The maximum absolute atomic E-state index is 13.8.